The first-order valence-electron chi connectivity index (χ1n) is 9.16. The van der Waals surface area contributed by atoms with Crippen molar-refractivity contribution in [3.05, 3.63) is 100 Å². The van der Waals surface area contributed by atoms with Gasteiger partial charge in [-0.2, -0.15) is 5.10 Å². The van der Waals surface area contributed by atoms with Crippen molar-refractivity contribution in [3.8, 4) is 0 Å². The molecule has 0 aliphatic heterocycles. The number of nitrogens with zero attached hydrogens (tertiary/aromatic N) is 1. The van der Waals surface area contributed by atoms with Crippen LogP contribution in [-0.2, 0) is 11.2 Å². The van der Waals surface area contributed by atoms with E-state index in [2.05, 4.69) is 15.8 Å². The number of amides is 2. The van der Waals surface area contributed by atoms with E-state index in [-0.39, 0.29) is 17.9 Å². The number of rotatable bonds is 6. The molecule has 0 atom stereocenters. The Morgan fingerprint density at radius 1 is 1.00 bits per heavy atom. The number of anilines is 1. The van der Waals surface area contributed by atoms with Gasteiger partial charge < -0.3 is 5.32 Å². The Hall–Kier alpha value is -3.51. The second-order valence-electron chi connectivity index (χ2n) is 6.55. The van der Waals surface area contributed by atoms with Gasteiger partial charge in [0.05, 0.1) is 17.7 Å². The van der Waals surface area contributed by atoms with E-state index < -0.39 is 11.7 Å². The van der Waals surface area contributed by atoms with Crippen LogP contribution in [0.2, 0.25) is 5.02 Å². The van der Waals surface area contributed by atoms with E-state index in [0.717, 1.165) is 5.56 Å². The minimum atomic E-state index is -0.590. The van der Waals surface area contributed by atoms with Gasteiger partial charge in [0, 0.05) is 10.7 Å². The van der Waals surface area contributed by atoms with Gasteiger partial charge in [0.2, 0.25) is 5.91 Å². The Labute approximate surface area is 178 Å². The molecule has 5 nitrogen and oxygen atoms in total. The summed E-state index contributed by atoms with van der Waals surface area (Å²) in [5.41, 5.74) is 5.05. The topological polar surface area (TPSA) is 70.6 Å². The van der Waals surface area contributed by atoms with Crippen molar-refractivity contribution in [3.63, 3.8) is 0 Å². The van der Waals surface area contributed by atoms with Crippen LogP contribution in [0.1, 0.15) is 28.4 Å². The third-order valence-corrected chi connectivity index (χ3v) is 4.53. The maximum absolute atomic E-state index is 13.8. The molecule has 0 unspecified atom stereocenters. The fraction of sp³-hybridized carbons (Fsp3) is 0.0870. The Bertz CT molecular complexity index is 1100. The summed E-state index contributed by atoms with van der Waals surface area (Å²) in [6.45, 7) is 1.74. The predicted molar refractivity (Wildman–Crippen MR) is 116 cm³/mol. The summed E-state index contributed by atoms with van der Waals surface area (Å²) >= 11 is 5.84. The molecule has 0 radical (unpaired) electrons. The van der Waals surface area contributed by atoms with Gasteiger partial charge in [0.15, 0.2) is 0 Å². The SMILES string of the molecule is C/C(=N\NC(=O)Cc1ccc(Cl)cc1)c1cccc(NC(=O)c2ccccc2F)c1. The maximum atomic E-state index is 13.8. The number of carbonyl (C=O) groups is 2. The van der Waals surface area contributed by atoms with Gasteiger partial charge in [-0.15, -0.1) is 0 Å². The molecule has 0 aromatic heterocycles. The quantitative estimate of drug-likeness (QED) is 0.441. The van der Waals surface area contributed by atoms with Crippen molar-refractivity contribution in [2.24, 2.45) is 5.10 Å². The highest BCUT2D eigenvalue weighted by atomic mass is 35.5. The first kappa shape index (κ1) is 21.2. The molecule has 3 aromatic rings. The molecule has 30 heavy (non-hydrogen) atoms. The Balaban J connectivity index is 1.64. The van der Waals surface area contributed by atoms with Gasteiger partial charge in [0.1, 0.15) is 5.82 Å². The number of hydrogen-bond donors (Lipinski definition) is 2. The van der Waals surface area contributed by atoms with Crippen molar-refractivity contribution in [1.29, 1.82) is 0 Å². The Kier molecular flexibility index (Phi) is 6.93. The second-order valence-corrected chi connectivity index (χ2v) is 6.99. The Morgan fingerprint density at radius 2 is 1.73 bits per heavy atom. The molecule has 2 N–H and O–H groups in total. The second kappa shape index (κ2) is 9.80. The normalized spacial score (nSPS) is 11.1. The van der Waals surface area contributed by atoms with Crippen LogP contribution in [-0.4, -0.2) is 17.5 Å². The van der Waals surface area contributed by atoms with Gasteiger partial charge in [0.25, 0.3) is 5.91 Å². The van der Waals surface area contributed by atoms with E-state index in [1.807, 2.05) is 0 Å². The van der Waals surface area contributed by atoms with Crippen molar-refractivity contribution in [2.75, 3.05) is 5.32 Å². The average Bonchev–Trinajstić information content (AvgIpc) is 2.74. The monoisotopic (exact) mass is 423 g/mol. The fourth-order valence-corrected chi connectivity index (χ4v) is 2.83. The molecule has 0 bridgehead atoms. The van der Waals surface area contributed by atoms with E-state index in [4.69, 9.17) is 11.6 Å². The number of nitrogens with one attached hydrogen (secondary N) is 2. The minimum Gasteiger partial charge on any atom is -0.322 e. The van der Waals surface area contributed by atoms with E-state index in [0.29, 0.717) is 22.0 Å². The number of carbonyl (C=O) groups excluding carboxylic acids is 2. The highest BCUT2D eigenvalue weighted by Gasteiger charge is 2.11. The zero-order valence-electron chi connectivity index (χ0n) is 16.2. The molecule has 7 heteroatoms. The van der Waals surface area contributed by atoms with Crippen molar-refractivity contribution in [2.45, 2.75) is 13.3 Å². The summed E-state index contributed by atoms with van der Waals surface area (Å²) in [5, 5.41) is 7.39. The van der Waals surface area contributed by atoms with E-state index in [1.165, 1.54) is 18.2 Å². The molecule has 3 rings (SSSR count). The summed E-state index contributed by atoms with van der Waals surface area (Å²) in [4.78, 5) is 24.4. The van der Waals surface area contributed by atoms with E-state index >= 15 is 0 Å². The molecule has 3 aromatic carbocycles. The maximum Gasteiger partial charge on any atom is 0.258 e. The molecular weight excluding hydrogens is 405 g/mol. The van der Waals surface area contributed by atoms with Crippen molar-refractivity contribution >= 4 is 34.8 Å². The van der Waals surface area contributed by atoms with Crippen LogP contribution < -0.4 is 10.7 Å². The van der Waals surface area contributed by atoms with Gasteiger partial charge in [-0.05, 0) is 54.4 Å². The lowest BCUT2D eigenvalue weighted by Crippen LogP contribution is -2.21. The van der Waals surface area contributed by atoms with Crippen molar-refractivity contribution in [1.82, 2.24) is 5.43 Å². The standard InChI is InChI=1S/C23H19ClFN3O2/c1-15(27-28-22(29)13-16-9-11-18(24)12-10-16)17-5-4-6-19(14-17)26-23(30)20-7-2-3-8-21(20)25/h2-12,14H,13H2,1H3,(H,26,30)(H,28,29)/b27-15+. The summed E-state index contributed by atoms with van der Waals surface area (Å²) in [6, 6.07) is 19.7. The Morgan fingerprint density at radius 3 is 2.47 bits per heavy atom. The van der Waals surface area contributed by atoms with Crippen LogP contribution in [0.25, 0.3) is 0 Å². The molecule has 0 fully saturated rings. The molecule has 0 saturated carbocycles. The lowest BCUT2D eigenvalue weighted by atomic mass is 10.1. The highest BCUT2D eigenvalue weighted by molar-refractivity contribution is 6.30. The van der Waals surface area contributed by atoms with Crippen LogP contribution in [0, 0.1) is 5.82 Å². The molecule has 0 spiro atoms. The largest absolute Gasteiger partial charge is 0.322 e. The smallest absolute Gasteiger partial charge is 0.258 e. The predicted octanol–water partition coefficient (Wildman–Crippen LogP) is 4.81. The van der Waals surface area contributed by atoms with Crippen LogP contribution >= 0.6 is 11.6 Å². The molecule has 2 amide bonds. The van der Waals surface area contributed by atoms with Crippen molar-refractivity contribution < 1.29 is 14.0 Å². The zero-order chi connectivity index (χ0) is 21.5. The molecule has 0 aliphatic rings. The molecule has 0 aliphatic carbocycles. The van der Waals surface area contributed by atoms with E-state index in [1.54, 1.807) is 61.5 Å². The van der Waals surface area contributed by atoms with Crippen LogP contribution in [0.5, 0.6) is 0 Å². The number of halogens is 2. The van der Waals surface area contributed by atoms with Crippen LogP contribution in [0.4, 0.5) is 10.1 Å². The third kappa shape index (κ3) is 5.75. The first-order valence-corrected chi connectivity index (χ1v) is 9.54. The van der Waals surface area contributed by atoms with Crippen LogP contribution in [0.3, 0.4) is 0 Å². The van der Waals surface area contributed by atoms with Gasteiger partial charge in [-0.25, -0.2) is 9.82 Å². The number of hydrazone groups is 1. The summed E-state index contributed by atoms with van der Waals surface area (Å²) in [6.07, 6.45) is 0.173. The molecule has 0 saturated heterocycles. The van der Waals surface area contributed by atoms with Crippen LogP contribution in [0.15, 0.2) is 77.9 Å². The molecular formula is C23H19ClFN3O2. The molecule has 152 valence electrons. The number of benzene rings is 3. The lowest BCUT2D eigenvalue weighted by molar-refractivity contribution is -0.120. The van der Waals surface area contributed by atoms with Gasteiger partial charge in [-0.3, -0.25) is 9.59 Å². The summed E-state index contributed by atoms with van der Waals surface area (Å²) in [7, 11) is 0. The highest BCUT2D eigenvalue weighted by Crippen LogP contribution is 2.15. The minimum absolute atomic E-state index is 0.0391. The zero-order valence-corrected chi connectivity index (χ0v) is 16.9. The lowest BCUT2D eigenvalue weighted by Gasteiger charge is -2.08. The first-order chi connectivity index (χ1) is 14.4. The summed E-state index contributed by atoms with van der Waals surface area (Å²) in [5.74, 6) is -1.40. The average molecular weight is 424 g/mol. The molecule has 0 heterocycles. The van der Waals surface area contributed by atoms with Gasteiger partial charge in [-0.1, -0.05) is 48.0 Å². The fourth-order valence-electron chi connectivity index (χ4n) is 2.70. The summed E-state index contributed by atoms with van der Waals surface area (Å²) < 4.78 is 13.8. The number of hydrogen-bond acceptors (Lipinski definition) is 3. The third-order valence-electron chi connectivity index (χ3n) is 4.28. The van der Waals surface area contributed by atoms with Gasteiger partial charge >= 0.3 is 0 Å². The van der Waals surface area contributed by atoms with E-state index in [9.17, 15) is 14.0 Å².